The average molecular weight is 282 g/mol. The van der Waals surface area contributed by atoms with Gasteiger partial charge in [-0.3, -0.25) is 4.90 Å². The quantitative estimate of drug-likeness (QED) is 0.782. The molecule has 0 saturated carbocycles. The lowest BCUT2D eigenvalue weighted by Gasteiger charge is -2.40. The van der Waals surface area contributed by atoms with Gasteiger partial charge >= 0.3 is 12.1 Å². The summed E-state index contributed by atoms with van der Waals surface area (Å²) in [6.07, 6.45) is -0.248. The summed E-state index contributed by atoms with van der Waals surface area (Å²) in [5, 5.41) is 0. The zero-order valence-corrected chi connectivity index (χ0v) is 11.0. The topological polar surface area (TPSA) is 32.8 Å². The molecule has 2 heterocycles. The number of alkyl halides is 2. The molecule has 2 aliphatic heterocycles. The molecule has 2 saturated heterocycles. The van der Waals surface area contributed by atoms with Crippen LogP contribution in [0.4, 0.5) is 19.3 Å². The number of piperidine rings is 1. The highest BCUT2D eigenvalue weighted by atomic mass is 19.3. The number of benzene rings is 1. The van der Waals surface area contributed by atoms with Gasteiger partial charge in [0.05, 0.1) is 0 Å². The van der Waals surface area contributed by atoms with E-state index in [2.05, 4.69) is 0 Å². The molecule has 0 spiro atoms. The standard InChI is InChI=1S/C14H16F2N2O2/c15-14(16)8-4-5-9-17(14)12-10-20-13(19)18(12)11-6-2-1-3-7-11/h1-3,6-7,12H,4-5,8-10H2. The lowest BCUT2D eigenvalue weighted by molar-refractivity contribution is -0.184. The Labute approximate surface area is 115 Å². The fraction of sp³-hybridized carbons (Fsp3) is 0.500. The van der Waals surface area contributed by atoms with E-state index in [4.69, 9.17) is 4.74 Å². The summed E-state index contributed by atoms with van der Waals surface area (Å²) in [6, 6.07) is 5.92. The largest absolute Gasteiger partial charge is 0.445 e. The molecule has 1 unspecified atom stereocenters. The van der Waals surface area contributed by atoms with Crippen LogP contribution < -0.4 is 4.90 Å². The van der Waals surface area contributed by atoms with Gasteiger partial charge in [-0.1, -0.05) is 18.2 Å². The van der Waals surface area contributed by atoms with Crippen LogP contribution in [-0.4, -0.2) is 36.4 Å². The maximum Gasteiger partial charge on any atom is 0.415 e. The smallest absolute Gasteiger partial charge is 0.415 e. The van der Waals surface area contributed by atoms with Crippen molar-refractivity contribution in [3.63, 3.8) is 0 Å². The van der Waals surface area contributed by atoms with Gasteiger partial charge in [0.15, 0.2) is 0 Å². The number of likely N-dealkylation sites (tertiary alicyclic amines) is 1. The zero-order chi connectivity index (χ0) is 14.2. The molecular formula is C14H16F2N2O2. The van der Waals surface area contributed by atoms with Gasteiger partial charge in [-0.05, 0) is 25.0 Å². The molecule has 0 aliphatic carbocycles. The monoisotopic (exact) mass is 282 g/mol. The Bertz CT molecular complexity index is 495. The summed E-state index contributed by atoms with van der Waals surface area (Å²) >= 11 is 0. The minimum Gasteiger partial charge on any atom is -0.445 e. The SMILES string of the molecule is O=C1OCC(N2CCCCC2(F)F)N1c1ccccc1. The average Bonchev–Trinajstić information content (AvgIpc) is 2.81. The maximum absolute atomic E-state index is 14.1. The van der Waals surface area contributed by atoms with Crippen LogP contribution in [0.5, 0.6) is 0 Å². The first-order valence-electron chi connectivity index (χ1n) is 6.75. The second kappa shape index (κ2) is 5.01. The zero-order valence-electron chi connectivity index (χ0n) is 11.0. The van der Waals surface area contributed by atoms with Crippen molar-refractivity contribution in [2.45, 2.75) is 31.5 Å². The Hall–Kier alpha value is -1.69. The summed E-state index contributed by atoms with van der Waals surface area (Å²) in [5.74, 6) is 0. The first-order chi connectivity index (χ1) is 9.59. The van der Waals surface area contributed by atoms with Gasteiger partial charge < -0.3 is 4.74 Å². The van der Waals surface area contributed by atoms with E-state index < -0.39 is 18.3 Å². The Morgan fingerprint density at radius 2 is 1.95 bits per heavy atom. The van der Waals surface area contributed by atoms with Gasteiger partial charge in [0, 0.05) is 18.7 Å². The van der Waals surface area contributed by atoms with Crippen LogP contribution >= 0.6 is 0 Å². The number of halogens is 2. The number of amides is 1. The normalized spacial score (nSPS) is 26.6. The van der Waals surface area contributed by atoms with Crippen LogP contribution in [0.2, 0.25) is 0 Å². The summed E-state index contributed by atoms with van der Waals surface area (Å²) in [5.41, 5.74) is 0.585. The van der Waals surface area contributed by atoms with E-state index in [0.717, 1.165) is 4.90 Å². The van der Waals surface area contributed by atoms with Crippen molar-refractivity contribution in [1.29, 1.82) is 0 Å². The third-order valence-electron chi connectivity index (χ3n) is 3.79. The van der Waals surface area contributed by atoms with Crippen LogP contribution in [0.25, 0.3) is 0 Å². The van der Waals surface area contributed by atoms with Crippen LogP contribution in [0.15, 0.2) is 30.3 Å². The van der Waals surface area contributed by atoms with Gasteiger partial charge in [-0.2, -0.15) is 8.78 Å². The van der Waals surface area contributed by atoms with E-state index in [-0.39, 0.29) is 19.6 Å². The predicted molar refractivity (Wildman–Crippen MR) is 69.6 cm³/mol. The third-order valence-corrected chi connectivity index (χ3v) is 3.79. The van der Waals surface area contributed by atoms with E-state index in [1.165, 1.54) is 4.90 Å². The van der Waals surface area contributed by atoms with Crippen molar-refractivity contribution in [3.05, 3.63) is 30.3 Å². The first kappa shape index (κ1) is 13.3. The molecule has 0 N–H and O–H groups in total. The van der Waals surface area contributed by atoms with Crippen LogP contribution in [-0.2, 0) is 4.74 Å². The molecule has 20 heavy (non-hydrogen) atoms. The summed E-state index contributed by atoms with van der Waals surface area (Å²) < 4.78 is 33.1. The van der Waals surface area contributed by atoms with Crippen molar-refractivity contribution >= 4 is 11.8 Å². The fourth-order valence-corrected chi connectivity index (χ4v) is 2.80. The molecule has 1 aromatic rings. The van der Waals surface area contributed by atoms with Crippen molar-refractivity contribution in [2.24, 2.45) is 0 Å². The minimum absolute atomic E-state index is 0.0245. The number of para-hydroxylation sites is 1. The molecule has 1 amide bonds. The molecule has 2 aliphatic rings. The van der Waals surface area contributed by atoms with E-state index in [0.29, 0.717) is 18.5 Å². The molecule has 0 radical (unpaired) electrons. The van der Waals surface area contributed by atoms with Crippen LogP contribution in [0, 0.1) is 0 Å². The number of carbonyl (C=O) groups excluding carboxylic acids is 1. The number of hydrogen-bond acceptors (Lipinski definition) is 3. The highest BCUT2D eigenvalue weighted by Crippen LogP contribution is 2.36. The second-order valence-corrected chi connectivity index (χ2v) is 5.08. The Morgan fingerprint density at radius 3 is 2.65 bits per heavy atom. The number of cyclic esters (lactones) is 1. The highest BCUT2D eigenvalue weighted by molar-refractivity contribution is 5.90. The molecule has 3 rings (SSSR count). The molecule has 1 aromatic carbocycles. The van der Waals surface area contributed by atoms with E-state index >= 15 is 0 Å². The summed E-state index contributed by atoms with van der Waals surface area (Å²) in [7, 11) is 0. The molecule has 0 aromatic heterocycles. The molecular weight excluding hydrogens is 266 g/mol. The van der Waals surface area contributed by atoms with E-state index in [1.54, 1.807) is 24.3 Å². The van der Waals surface area contributed by atoms with Gasteiger partial charge in [0.2, 0.25) is 0 Å². The van der Waals surface area contributed by atoms with Gasteiger partial charge in [-0.25, -0.2) is 9.69 Å². The lowest BCUT2D eigenvalue weighted by atomic mass is 10.1. The minimum atomic E-state index is -2.88. The predicted octanol–water partition coefficient (Wildman–Crippen LogP) is 3.05. The number of nitrogens with zero attached hydrogens (tertiary/aromatic N) is 2. The first-order valence-corrected chi connectivity index (χ1v) is 6.75. The number of hydrogen-bond donors (Lipinski definition) is 0. The van der Waals surface area contributed by atoms with Crippen LogP contribution in [0.1, 0.15) is 19.3 Å². The molecule has 4 nitrogen and oxygen atoms in total. The Balaban J connectivity index is 1.90. The van der Waals surface area contributed by atoms with Crippen molar-refractivity contribution in [2.75, 3.05) is 18.1 Å². The Kier molecular flexibility index (Phi) is 3.33. The fourth-order valence-electron chi connectivity index (χ4n) is 2.80. The Morgan fingerprint density at radius 1 is 1.20 bits per heavy atom. The molecule has 2 fully saturated rings. The summed E-state index contributed by atoms with van der Waals surface area (Å²) in [6.45, 7) is 0.251. The third kappa shape index (κ3) is 2.24. The number of anilines is 1. The van der Waals surface area contributed by atoms with Gasteiger partial charge in [0.1, 0.15) is 12.8 Å². The highest BCUT2D eigenvalue weighted by Gasteiger charge is 2.49. The second-order valence-electron chi connectivity index (χ2n) is 5.08. The lowest BCUT2D eigenvalue weighted by Crippen LogP contribution is -2.57. The van der Waals surface area contributed by atoms with E-state index in [1.807, 2.05) is 6.07 Å². The number of carbonyl (C=O) groups is 1. The summed E-state index contributed by atoms with van der Waals surface area (Å²) in [4.78, 5) is 14.3. The number of ether oxygens (including phenoxy) is 1. The van der Waals surface area contributed by atoms with Crippen molar-refractivity contribution in [3.8, 4) is 0 Å². The van der Waals surface area contributed by atoms with Crippen molar-refractivity contribution in [1.82, 2.24) is 4.90 Å². The van der Waals surface area contributed by atoms with Crippen LogP contribution in [0.3, 0.4) is 0 Å². The maximum atomic E-state index is 14.1. The molecule has 0 bridgehead atoms. The van der Waals surface area contributed by atoms with Crippen molar-refractivity contribution < 1.29 is 18.3 Å². The molecule has 6 heteroatoms. The molecule has 108 valence electrons. The molecule has 1 atom stereocenters. The van der Waals surface area contributed by atoms with Gasteiger partial charge in [0.25, 0.3) is 0 Å². The van der Waals surface area contributed by atoms with Gasteiger partial charge in [-0.15, -0.1) is 0 Å². The number of rotatable bonds is 2. The van der Waals surface area contributed by atoms with E-state index in [9.17, 15) is 13.6 Å².